The van der Waals surface area contributed by atoms with Crippen molar-refractivity contribution in [2.24, 2.45) is 5.92 Å². The molecular formula is C13H18N2O. The Hall–Kier alpha value is -1.48. The summed E-state index contributed by atoms with van der Waals surface area (Å²) in [7, 11) is 1.89. The summed E-state index contributed by atoms with van der Waals surface area (Å²) in [5, 5.41) is 6.17. The minimum absolute atomic E-state index is 0.351. The fraction of sp³-hybridized carbons (Fsp3) is 0.385. The number of allylic oxidation sites excluding steroid dienone is 4. The molecule has 3 heteroatoms. The summed E-state index contributed by atoms with van der Waals surface area (Å²) in [4.78, 5) is 0. The minimum atomic E-state index is 0.351. The smallest absolute Gasteiger partial charge is 0.139 e. The van der Waals surface area contributed by atoms with Gasteiger partial charge in [0, 0.05) is 25.1 Å². The topological polar surface area (TPSA) is 33.3 Å². The Morgan fingerprint density at radius 2 is 2.38 bits per heavy atom. The average molecular weight is 218 g/mol. The summed E-state index contributed by atoms with van der Waals surface area (Å²) in [6, 6.07) is 0. The second kappa shape index (κ2) is 5.03. The molecule has 1 unspecified atom stereocenters. The van der Waals surface area contributed by atoms with Crippen LogP contribution in [0, 0.1) is 5.92 Å². The lowest BCUT2D eigenvalue weighted by molar-refractivity contribution is 0.151. The van der Waals surface area contributed by atoms with Gasteiger partial charge in [-0.05, 0) is 17.8 Å². The highest BCUT2D eigenvalue weighted by Gasteiger charge is 2.23. The van der Waals surface area contributed by atoms with Gasteiger partial charge in [0.2, 0.25) is 0 Å². The molecule has 16 heavy (non-hydrogen) atoms. The first-order valence-corrected chi connectivity index (χ1v) is 5.61. The molecule has 2 N–H and O–H groups in total. The molecule has 0 aromatic rings. The number of ether oxygens (including phenoxy) is 1. The van der Waals surface area contributed by atoms with Crippen LogP contribution in [0.2, 0.25) is 0 Å². The fourth-order valence-electron chi connectivity index (χ4n) is 1.99. The minimum Gasteiger partial charge on any atom is -0.482 e. The van der Waals surface area contributed by atoms with Crippen molar-refractivity contribution in [2.75, 3.05) is 20.3 Å². The van der Waals surface area contributed by atoms with E-state index in [-0.39, 0.29) is 0 Å². The Labute approximate surface area is 96.6 Å². The van der Waals surface area contributed by atoms with Crippen LogP contribution >= 0.6 is 0 Å². The molecule has 0 amide bonds. The van der Waals surface area contributed by atoms with Crippen LogP contribution in [0.25, 0.3) is 0 Å². The van der Waals surface area contributed by atoms with Crippen molar-refractivity contribution >= 4 is 0 Å². The van der Waals surface area contributed by atoms with Crippen LogP contribution in [0.1, 0.15) is 6.92 Å². The van der Waals surface area contributed by atoms with Crippen LogP contribution < -0.4 is 10.6 Å². The summed E-state index contributed by atoms with van der Waals surface area (Å²) < 4.78 is 5.67. The summed E-state index contributed by atoms with van der Waals surface area (Å²) in [6.45, 7) is 3.72. The molecule has 86 valence electrons. The van der Waals surface area contributed by atoms with E-state index in [9.17, 15) is 0 Å². The highest BCUT2D eigenvalue weighted by Crippen LogP contribution is 2.31. The van der Waals surface area contributed by atoms with Gasteiger partial charge in [0.15, 0.2) is 0 Å². The zero-order valence-electron chi connectivity index (χ0n) is 9.79. The van der Waals surface area contributed by atoms with Gasteiger partial charge in [0.25, 0.3) is 0 Å². The molecule has 2 aliphatic rings. The van der Waals surface area contributed by atoms with Crippen molar-refractivity contribution in [1.29, 1.82) is 0 Å². The highest BCUT2D eigenvalue weighted by atomic mass is 16.5. The second-order valence-corrected chi connectivity index (χ2v) is 3.97. The zero-order chi connectivity index (χ0) is 11.4. The van der Waals surface area contributed by atoms with E-state index >= 15 is 0 Å². The second-order valence-electron chi connectivity index (χ2n) is 3.97. The lowest BCUT2D eigenvalue weighted by atomic mass is 9.89. The summed E-state index contributed by atoms with van der Waals surface area (Å²) in [5.74, 6) is 1.47. The number of rotatable bonds is 2. The van der Waals surface area contributed by atoms with E-state index < -0.39 is 0 Å². The maximum Gasteiger partial charge on any atom is 0.139 e. The van der Waals surface area contributed by atoms with Gasteiger partial charge in [-0.2, -0.15) is 0 Å². The van der Waals surface area contributed by atoms with E-state index in [1.165, 1.54) is 11.1 Å². The van der Waals surface area contributed by atoms with Crippen LogP contribution in [0.5, 0.6) is 0 Å². The SMILES string of the molecule is CN/C=C\C=C1\C=CC2=C(OCNC2)C1C. The first-order valence-electron chi connectivity index (χ1n) is 5.61. The standard InChI is InChI=1S/C13H18N2O/c1-10-11(4-3-7-14-2)5-6-12-8-15-9-16-13(10)12/h3-7,10,14-15H,8-9H2,1-2H3/b7-3-,11-4-. The molecule has 0 aromatic heterocycles. The first-order chi connectivity index (χ1) is 7.83. The zero-order valence-corrected chi connectivity index (χ0v) is 9.79. The first kappa shape index (κ1) is 11.0. The summed E-state index contributed by atoms with van der Waals surface area (Å²) >= 11 is 0. The molecule has 1 heterocycles. The Bertz CT molecular complexity index is 377. The van der Waals surface area contributed by atoms with Gasteiger partial charge in [-0.15, -0.1) is 0 Å². The molecule has 1 aliphatic carbocycles. The predicted octanol–water partition coefficient (Wildman–Crippen LogP) is 1.68. The van der Waals surface area contributed by atoms with Crippen molar-refractivity contribution in [2.45, 2.75) is 6.92 Å². The summed E-state index contributed by atoms with van der Waals surface area (Å²) in [6.07, 6.45) is 10.4. The van der Waals surface area contributed by atoms with Crippen LogP contribution in [-0.4, -0.2) is 20.3 Å². The van der Waals surface area contributed by atoms with Crippen molar-refractivity contribution < 1.29 is 4.74 Å². The third kappa shape index (κ3) is 2.19. The molecule has 0 bridgehead atoms. The Morgan fingerprint density at radius 3 is 3.19 bits per heavy atom. The van der Waals surface area contributed by atoms with Gasteiger partial charge >= 0.3 is 0 Å². The molecule has 0 spiro atoms. The molecule has 0 radical (unpaired) electrons. The number of nitrogens with one attached hydrogen (secondary N) is 2. The van der Waals surface area contributed by atoms with Crippen molar-refractivity contribution in [1.82, 2.24) is 10.6 Å². The average Bonchev–Trinajstić information content (AvgIpc) is 2.33. The maximum atomic E-state index is 5.67. The van der Waals surface area contributed by atoms with Gasteiger partial charge in [-0.3, -0.25) is 5.32 Å². The molecule has 0 aromatic carbocycles. The molecule has 0 saturated heterocycles. The molecular weight excluding hydrogens is 200 g/mol. The number of hydrogen-bond donors (Lipinski definition) is 2. The number of hydrogen-bond acceptors (Lipinski definition) is 3. The van der Waals surface area contributed by atoms with Gasteiger partial charge in [0.1, 0.15) is 12.5 Å². The lowest BCUT2D eigenvalue weighted by Crippen LogP contribution is -2.30. The highest BCUT2D eigenvalue weighted by molar-refractivity contribution is 5.43. The van der Waals surface area contributed by atoms with Crippen molar-refractivity contribution in [3.8, 4) is 0 Å². The molecule has 3 nitrogen and oxygen atoms in total. The monoisotopic (exact) mass is 218 g/mol. The molecule has 0 fully saturated rings. The van der Waals surface area contributed by atoms with Crippen LogP contribution in [0.3, 0.4) is 0 Å². The maximum absolute atomic E-state index is 5.67. The van der Waals surface area contributed by atoms with E-state index in [2.05, 4.69) is 35.8 Å². The van der Waals surface area contributed by atoms with Gasteiger partial charge < -0.3 is 10.1 Å². The fourth-order valence-corrected chi connectivity index (χ4v) is 1.99. The summed E-state index contributed by atoms with van der Waals surface area (Å²) in [5.41, 5.74) is 2.56. The van der Waals surface area contributed by atoms with Gasteiger partial charge in [-0.1, -0.05) is 25.2 Å². The normalized spacial score (nSPS) is 27.1. The molecule has 1 atom stereocenters. The quantitative estimate of drug-likeness (QED) is 0.740. The van der Waals surface area contributed by atoms with Gasteiger partial charge in [0.05, 0.1) is 0 Å². The molecule has 0 saturated carbocycles. The molecule has 1 aliphatic heterocycles. The van der Waals surface area contributed by atoms with Crippen LogP contribution in [0.4, 0.5) is 0 Å². The van der Waals surface area contributed by atoms with Crippen molar-refractivity contribution in [3.05, 3.63) is 47.4 Å². The van der Waals surface area contributed by atoms with Gasteiger partial charge in [-0.25, -0.2) is 0 Å². The predicted molar refractivity (Wildman–Crippen MR) is 65.6 cm³/mol. The van der Waals surface area contributed by atoms with Crippen molar-refractivity contribution in [3.63, 3.8) is 0 Å². The van der Waals surface area contributed by atoms with E-state index in [1.54, 1.807) is 0 Å². The van der Waals surface area contributed by atoms with E-state index in [0.717, 1.165) is 12.3 Å². The van der Waals surface area contributed by atoms with Crippen LogP contribution in [-0.2, 0) is 4.74 Å². The Kier molecular flexibility index (Phi) is 3.47. The molecule has 2 rings (SSSR count). The van der Waals surface area contributed by atoms with Crippen LogP contribution in [0.15, 0.2) is 47.4 Å². The van der Waals surface area contributed by atoms with E-state index in [1.807, 2.05) is 19.3 Å². The lowest BCUT2D eigenvalue weighted by Gasteiger charge is -2.28. The van der Waals surface area contributed by atoms with E-state index in [0.29, 0.717) is 12.6 Å². The Morgan fingerprint density at radius 1 is 1.50 bits per heavy atom. The van der Waals surface area contributed by atoms with E-state index in [4.69, 9.17) is 4.74 Å². The third-order valence-electron chi connectivity index (χ3n) is 2.88. The Balaban J connectivity index is 2.17. The third-order valence-corrected chi connectivity index (χ3v) is 2.88. The largest absolute Gasteiger partial charge is 0.482 e.